The van der Waals surface area contributed by atoms with E-state index in [0.29, 0.717) is 23.1 Å². The lowest BCUT2D eigenvalue weighted by Gasteiger charge is -2.09. The highest BCUT2D eigenvalue weighted by molar-refractivity contribution is 7.92. The molecule has 0 bridgehead atoms. The molecule has 0 amide bonds. The van der Waals surface area contributed by atoms with Crippen LogP contribution in [0, 0.1) is 13.8 Å². The number of ether oxygens (including phenoxy) is 1. The highest BCUT2D eigenvalue weighted by Gasteiger charge is 2.09. The molecule has 9 heteroatoms. The van der Waals surface area contributed by atoms with Crippen LogP contribution in [0.5, 0.6) is 11.6 Å². The average Bonchev–Trinajstić information content (AvgIpc) is 2.96. The highest BCUT2D eigenvalue weighted by atomic mass is 32.2. The second-order valence-electron chi connectivity index (χ2n) is 5.63. The van der Waals surface area contributed by atoms with Crippen LogP contribution in [0.3, 0.4) is 0 Å². The fraction of sp³-hybridized carbons (Fsp3) is 0.235. The molecule has 0 atom stereocenters. The van der Waals surface area contributed by atoms with Gasteiger partial charge in [0.1, 0.15) is 24.2 Å². The van der Waals surface area contributed by atoms with Crippen LogP contribution in [0.15, 0.2) is 43.0 Å². The second kappa shape index (κ2) is 7.12. The van der Waals surface area contributed by atoms with Gasteiger partial charge in [-0.05, 0) is 45.0 Å². The van der Waals surface area contributed by atoms with Crippen LogP contribution in [0.1, 0.15) is 18.3 Å². The van der Waals surface area contributed by atoms with Crippen molar-refractivity contribution in [2.75, 3.05) is 10.5 Å². The molecule has 26 heavy (non-hydrogen) atoms. The van der Waals surface area contributed by atoms with E-state index < -0.39 is 10.0 Å². The van der Waals surface area contributed by atoms with Gasteiger partial charge in [0.15, 0.2) is 0 Å². The number of sulfonamides is 1. The standard InChI is InChI=1S/C17H19N5O3S/c1-4-26(23,24)21-14-5-7-15(8-6-14)25-17-9-16(18-10-19-17)22-11-20-12(2)13(22)3/h5-11,21H,4H2,1-3H3. The Morgan fingerprint density at radius 2 is 1.85 bits per heavy atom. The lowest BCUT2D eigenvalue weighted by molar-refractivity contribution is 0.461. The predicted molar refractivity (Wildman–Crippen MR) is 98.2 cm³/mol. The fourth-order valence-electron chi connectivity index (χ4n) is 2.21. The van der Waals surface area contributed by atoms with E-state index in [1.165, 1.54) is 6.33 Å². The first-order valence-corrected chi connectivity index (χ1v) is 9.64. The molecular weight excluding hydrogens is 354 g/mol. The molecule has 0 saturated carbocycles. The van der Waals surface area contributed by atoms with E-state index in [2.05, 4.69) is 19.7 Å². The van der Waals surface area contributed by atoms with Gasteiger partial charge in [0.25, 0.3) is 0 Å². The number of anilines is 1. The second-order valence-corrected chi connectivity index (χ2v) is 7.64. The van der Waals surface area contributed by atoms with E-state index >= 15 is 0 Å². The van der Waals surface area contributed by atoms with Crippen molar-refractivity contribution in [2.24, 2.45) is 0 Å². The summed E-state index contributed by atoms with van der Waals surface area (Å²) in [6.45, 7) is 5.47. The zero-order valence-electron chi connectivity index (χ0n) is 14.7. The summed E-state index contributed by atoms with van der Waals surface area (Å²) in [7, 11) is -3.30. The summed E-state index contributed by atoms with van der Waals surface area (Å²) < 4.78 is 33.2. The molecule has 0 radical (unpaired) electrons. The molecule has 0 saturated heterocycles. The maximum Gasteiger partial charge on any atom is 0.232 e. The summed E-state index contributed by atoms with van der Waals surface area (Å²) in [5.74, 6) is 1.58. The van der Waals surface area contributed by atoms with Crippen molar-refractivity contribution in [1.29, 1.82) is 0 Å². The summed E-state index contributed by atoms with van der Waals surface area (Å²) in [6.07, 6.45) is 3.12. The van der Waals surface area contributed by atoms with E-state index in [-0.39, 0.29) is 5.75 Å². The van der Waals surface area contributed by atoms with E-state index in [0.717, 1.165) is 11.4 Å². The molecule has 1 N–H and O–H groups in total. The fourth-order valence-corrected chi connectivity index (χ4v) is 2.85. The molecule has 0 aliphatic heterocycles. The van der Waals surface area contributed by atoms with E-state index in [4.69, 9.17) is 4.74 Å². The summed E-state index contributed by atoms with van der Waals surface area (Å²) in [6, 6.07) is 8.31. The number of aromatic nitrogens is 4. The number of hydrogen-bond acceptors (Lipinski definition) is 6. The molecule has 136 valence electrons. The van der Waals surface area contributed by atoms with Gasteiger partial charge in [0, 0.05) is 17.4 Å². The van der Waals surface area contributed by atoms with Crippen molar-refractivity contribution < 1.29 is 13.2 Å². The lowest BCUT2D eigenvalue weighted by Crippen LogP contribution is -2.14. The summed E-state index contributed by atoms with van der Waals surface area (Å²) in [4.78, 5) is 12.6. The monoisotopic (exact) mass is 373 g/mol. The van der Waals surface area contributed by atoms with Gasteiger partial charge >= 0.3 is 0 Å². The van der Waals surface area contributed by atoms with Crippen LogP contribution in [0.25, 0.3) is 5.82 Å². The van der Waals surface area contributed by atoms with Crippen LogP contribution in [0.4, 0.5) is 5.69 Å². The van der Waals surface area contributed by atoms with Crippen molar-refractivity contribution in [1.82, 2.24) is 19.5 Å². The summed E-state index contributed by atoms with van der Waals surface area (Å²) in [5.41, 5.74) is 2.39. The molecule has 2 heterocycles. The number of imidazole rings is 1. The van der Waals surface area contributed by atoms with Gasteiger partial charge < -0.3 is 4.74 Å². The third-order valence-electron chi connectivity index (χ3n) is 3.86. The molecule has 0 unspecified atom stereocenters. The van der Waals surface area contributed by atoms with Crippen LogP contribution in [0.2, 0.25) is 0 Å². The Hall–Kier alpha value is -2.94. The first-order chi connectivity index (χ1) is 12.4. The molecule has 3 aromatic rings. The van der Waals surface area contributed by atoms with Gasteiger partial charge in [-0.1, -0.05) is 0 Å². The topological polar surface area (TPSA) is 99.0 Å². The molecule has 0 fully saturated rings. The minimum Gasteiger partial charge on any atom is -0.439 e. The van der Waals surface area contributed by atoms with E-state index in [9.17, 15) is 8.42 Å². The molecule has 3 rings (SSSR count). The summed E-state index contributed by atoms with van der Waals surface area (Å²) >= 11 is 0. The van der Waals surface area contributed by atoms with Crippen LogP contribution < -0.4 is 9.46 Å². The van der Waals surface area contributed by atoms with Gasteiger partial charge in [-0.25, -0.2) is 23.4 Å². The Morgan fingerprint density at radius 1 is 1.12 bits per heavy atom. The average molecular weight is 373 g/mol. The number of benzene rings is 1. The maximum absolute atomic E-state index is 11.6. The van der Waals surface area contributed by atoms with Crippen molar-refractivity contribution in [3.63, 3.8) is 0 Å². The van der Waals surface area contributed by atoms with Gasteiger partial charge in [0.05, 0.1) is 11.4 Å². The Kier molecular flexibility index (Phi) is 4.90. The van der Waals surface area contributed by atoms with Crippen LogP contribution in [-0.4, -0.2) is 33.7 Å². The number of hydrogen-bond donors (Lipinski definition) is 1. The van der Waals surface area contributed by atoms with Gasteiger partial charge in [-0.15, -0.1) is 0 Å². The Balaban J connectivity index is 1.77. The van der Waals surface area contributed by atoms with Gasteiger partial charge in [-0.3, -0.25) is 9.29 Å². The number of nitrogens with zero attached hydrogens (tertiary/aromatic N) is 4. The predicted octanol–water partition coefficient (Wildman–Crippen LogP) is 2.83. The van der Waals surface area contributed by atoms with Crippen molar-refractivity contribution >= 4 is 15.7 Å². The molecule has 0 aliphatic rings. The van der Waals surface area contributed by atoms with Crippen molar-refractivity contribution in [2.45, 2.75) is 20.8 Å². The highest BCUT2D eigenvalue weighted by Crippen LogP contribution is 2.23. The first-order valence-electron chi connectivity index (χ1n) is 7.99. The summed E-state index contributed by atoms with van der Waals surface area (Å²) in [5, 5.41) is 0. The third kappa shape index (κ3) is 3.99. The number of nitrogens with one attached hydrogen (secondary N) is 1. The normalized spacial score (nSPS) is 11.3. The smallest absolute Gasteiger partial charge is 0.232 e. The first kappa shape index (κ1) is 17.9. The molecule has 1 aromatic carbocycles. The van der Waals surface area contributed by atoms with E-state index in [1.54, 1.807) is 43.6 Å². The molecular formula is C17H19N5O3S. The van der Waals surface area contributed by atoms with Crippen LogP contribution >= 0.6 is 0 Å². The number of rotatable bonds is 6. The Labute approximate surface area is 152 Å². The Morgan fingerprint density at radius 3 is 2.46 bits per heavy atom. The third-order valence-corrected chi connectivity index (χ3v) is 5.16. The largest absolute Gasteiger partial charge is 0.439 e. The quantitative estimate of drug-likeness (QED) is 0.713. The molecule has 0 aliphatic carbocycles. The molecule has 2 aromatic heterocycles. The zero-order valence-corrected chi connectivity index (χ0v) is 15.5. The van der Waals surface area contributed by atoms with E-state index in [1.807, 2.05) is 18.4 Å². The number of aryl methyl sites for hydroxylation is 1. The van der Waals surface area contributed by atoms with Gasteiger partial charge in [-0.2, -0.15) is 0 Å². The maximum atomic E-state index is 11.6. The van der Waals surface area contributed by atoms with Crippen molar-refractivity contribution in [3.05, 3.63) is 54.4 Å². The minimum absolute atomic E-state index is 0.0160. The Bertz CT molecular complexity index is 1010. The minimum atomic E-state index is -3.30. The molecule has 8 nitrogen and oxygen atoms in total. The lowest BCUT2D eigenvalue weighted by atomic mass is 10.3. The SMILES string of the molecule is CCS(=O)(=O)Nc1ccc(Oc2cc(-n3cnc(C)c3C)ncn2)cc1. The van der Waals surface area contributed by atoms with Gasteiger partial charge in [0.2, 0.25) is 15.9 Å². The van der Waals surface area contributed by atoms with Crippen LogP contribution in [-0.2, 0) is 10.0 Å². The van der Waals surface area contributed by atoms with Crippen molar-refractivity contribution in [3.8, 4) is 17.4 Å². The molecule has 0 spiro atoms. The zero-order chi connectivity index (χ0) is 18.7.